The molecule has 1 saturated heterocycles. The second kappa shape index (κ2) is 9.54. The maximum atomic E-state index is 13.1. The lowest BCUT2D eigenvalue weighted by Gasteiger charge is -2.34. The van der Waals surface area contributed by atoms with Crippen molar-refractivity contribution >= 4 is 29.0 Å². The summed E-state index contributed by atoms with van der Waals surface area (Å²) in [6.07, 6.45) is 1.73. The van der Waals surface area contributed by atoms with Gasteiger partial charge in [0.25, 0.3) is 5.91 Å². The molecule has 31 heavy (non-hydrogen) atoms. The van der Waals surface area contributed by atoms with Crippen molar-refractivity contribution in [2.75, 3.05) is 43.4 Å². The molecule has 1 aliphatic heterocycles. The van der Waals surface area contributed by atoms with Gasteiger partial charge in [0.15, 0.2) is 0 Å². The van der Waals surface area contributed by atoms with Gasteiger partial charge in [-0.25, -0.2) is 4.98 Å². The molecule has 0 aliphatic carbocycles. The van der Waals surface area contributed by atoms with Crippen molar-refractivity contribution in [1.29, 1.82) is 0 Å². The average molecular weight is 433 g/mol. The van der Waals surface area contributed by atoms with Crippen molar-refractivity contribution < 1.29 is 4.79 Å². The number of piperazine rings is 1. The van der Waals surface area contributed by atoms with Gasteiger partial charge in [-0.1, -0.05) is 29.5 Å². The van der Waals surface area contributed by atoms with E-state index in [1.807, 2.05) is 19.1 Å². The molecule has 0 unspecified atom stereocenters. The van der Waals surface area contributed by atoms with Gasteiger partial charge in [0.2, 0.25) is 0 Å². The summed E-state index contributed by atoms with van der Waals surface area (Å²) in [4.78, 5) is 23.3. The number of hydrogen-bond donors (Lipinski definition) is 1. The van der Waals surface area contributed by atoms with Crippen LogP contribution in [0.1, 0.15) is 21.5 Å². The quantitative estimate of drug-likeness (QED) is 0.624. The summed E-state index contributed by atoms with van der Waals surface area (Å²) in [7, 11) is 2.16. The number of carbonyl (C=O) groups excluding carboxylic acids is 1. The Bertz CT molecular complexity index is 1060. The van der Waals surface area contributed by atoms with E-state index in [1.165, 1.54) is 23.0 Å². The van der Waals surface area contributed by atoms with Gasteiger partial charge in [0, 0.05) is 48.6 Å². The fourth-order valence-corrected chi connectivity index (χ4v) is 4.48. The molecule has 1 N–H and O–H groups in total. The minimum atomic E-state index is -0.141. The van der Waals surface area contributed by atoms with Gasteiger partial charge in [-0.3, -0.25) is 4.79 Å². The second-order valence-corrected chi connectivity index (χ2v) is 9.08. The first kappa shape index (κ1) is 21.4. The summed E-state index contributed by atoms with van der Waals surface area (Å²) < 4.78 is 0. The molecule has 2 aromatic carbocycles. The first-order valence-electron chi connectivity index (χ1n) is 10.5. The summed E-state index contributed by atoms with van der Waals surface area (Å²) in [5, 5.41) is 3.78. The first-order valence-corrected chi connectivity index (χ1v) is 11.4. The van der Waals surface area contributed by atoms with Crippen LogP contribution in [0.15, 0.2) is 70.7 Å². The maximum absolute atomic E-state index is 13.1. The molecule has 160 valence electrons. The molecule has 5 nitrogen and oxygen atoms in total. The SMILES string of the molecule is Cc1ccc(Sc2ncccc2C(=O)Nc2ccc(N3CCN(C)CC3)cc2C)cc1. The Hall–Kier alpha value is -2.83. The number of hydrogen-bond acceptors (Lipinski definition) is 5. The van der Waals surface area contributed by atoms with E-state index in [0.717, 1.165) is 42.3 Å². The highest BCUT2D eigenvalue weighted by Gasteiger charge is 2.17. The highest BCUT2D eigenvalue weighted by atomic mass is 32.2. The standard InChI is InChI=1S/C25H28N4OS/c1-18-6-9-21(10-7-18)31-25-22(5-4-12-26-25)24(30)27-23-11-8-20(17-19(23)2)29-15-13-28(3)14-16-29/h4-12,17H,13-16H2,1-3H3,(H,27,30). The van der Waals surface area contributed by atoms with E-state index in [2.05, 4.69) is 70.5 Å². The highest BCUT2D eigenvalue weighted by Crippen LogP contribution is 2.30. The summed E-state index contributed by atoms with van der Waals surface area (Å²) in [5.74, 6) is -0.141. The number of aryl methyl sites for hydroxylation is 2. The van der Waals surface area contributed by atoms with E-state index in [0.29, 0.717) is 10.6 Å². The Balaban J connectivity index is 1.49. The molecule has 4 rings (SSSR count). The molecule has 1 fully saturated rings. The molecule has 0 atom stereocenters. The van der Waals surface area contributed by atoms with Crippen molar-refractivity contribution in [1.82, 2.24) is 9.88 Å². The number of anilines is 2. The maximum Gasteiger partial charge on any atom is 0.258 e. The molecule has 6 heteroatoms. The number of aromatic nitrogens is 1. The van der Waals surface area contributed by atoms with E-state index in [-0.39, 0.29) is 5.91 Å². The van der Waals surface area contributed by atoms with Gasteiger partial charge in [0.05, 0.1) is 5.56 Å². The molecule has 2 heterocycles. The zero-order valence-electron chi connectivity index (χ0n) is 18.3. The number of benzene rings is 2. The zero-order valence-corrected chi connectivity index (χ0v) is 19.1. The van der Waals surface area contributed by atoms with Crippen LogP contribution in [0.3, 0.4) is 0 Å². The lowest BCUT2D eigenvalue weighted by atomic mass is 10.1. The van der Waals surface area contributed by atoms with Crippen molar-refractivity contribution in [3.05, 3.63) is 77.5 Å². The second-order valence-electron chi connectivity index (χ2n) is 8.01. The van der Waals surface area contributed by atoms with E-state index in [1.54, 1.807) is 12.3 Å². The van der Waals surface area contributed by atoms with Gasteiger partial charge < -0.3 is 15.1 Å². The van der Waals surface area contributed by atoms with Gasteiger partial charge in [-0.2, -0.15) is 0 Å². The predicted octanol–water partition coefficient (Wildman–Crippen LogP) is 4.85. The van der Waals surface area contributed by atoms with Crippen LogP contribution in [0.4, 0.5) is 11.4 Å². The first-order chi connectivity index (χ1) is 15.0. The van der Waals surface area contributed by atoms with E-state index < -0.39 is 0 Å². The van der Waals surface area contributed by atoms with E-state index >= 15 is 0 Å². The van der Waals surface area contributed by atoms with Crippen molar-refractivity contribution in [2.45, 2.75) is 23.8 Å². The monoisotopic (exact) mass is 432 g/mol. The number of carbonyl (C=O) groups is 1. The smallest absolute Gasteiger partial charge is 0.258 e. The minimum Gasteiger partial charge on any atom is -0.369 e. The van der Waals surface area contributed by atoms with Crippen molar-refractivity contribution in [3.8, 4) is 0 Å². The molecule has 0 bridgehead atoms. The summed E-state index contributed by atoms with van der Waals surface area (Å²) in [5.41, 5.74) is 4.88. The van der Waals surface area contributed by atoms with Crippen LogP contribution in [0.25, 0.3) is 0 Å². The molecule has 1 amide bonds. The third-order valence-corrected chi connectivity index (χ3v) is 6.60. The normalized spacial score (nSPS) is 14.5. The van der Waals surface area contributed by atoms with Gasteiger partial charge in [-0.15, -0.1) is 0 Å². The third-order valence-electron chi connectivity index (χ3n) is 5.58. The molecular formula is C25H28N4OS. The van der Waals surface area contributed by atoms with Crippen molar-refractivity contribution in [2.24, 2.45) is 0 Å². The lowest BCUT2D eigenvalue weighted by Crippen LogP contribution is -2.44. The highest BCUT2D eigenvalue weighted by molar-refractivity contribution is 7.99. The van der Waals surface area contributed by atoms with Crippen LogP contribution in [-0.2, 0) is 0 Å². The third kappa shape index (κ3) is 5.27. The lowest BCUT2D eigenvalue weighted by molar-refractivity contribution is 0.102. The summed E-state index contributed by atoms with van der Waals surface area (Å²) in [6.45, 7) is 8.29. The van der Waals surface area contributed by atoms with Crippen LogP contribution < -0.4 is 10.2 Å². The number of nitrogens with one attached hydrogen (secondary N) is 1. The number of rotatable bonds is 5. The Morgan fingerprint density at radius 3 is 2.45 bits per heavy atom. The Labute approximate surface area is 188 Å². The number of amides is 1. The molecule has 0 saturated carbocycles. The summed E-state index contributed by atoms with van der Waals surface area (Å²) in [6, 6.07) is 18.1. The van der Waals surface area contributed by atoms with Crippen LogP contribution >= 0.6 is 11.8 Å². The average Bonchev–Trinajstić information content (AvgIpc) is 2.77. The van der Waals surface area contributed by atoms with Gasteiger partial charge in [-0.05, 0) is 68.9 Å². The summed E-state index contributed by atoms with van der Waals surface area (Å²) >= 11 is 1.50. The predicted molar refractivity (Wildman–Crippen MR) is 128 cm³/mol. The van der Waals surface area contributed by atoms with Crippen molar-refractivity contribution in [3.63, 3.8) is 0 Å². The molecule has 1 aromatic heterocycles. The van der Waals surface area contributed by atoms with Gasteiger partial charge >= 0.3 is 0 Å². The topological polar surface area (TPSA) is 48.5 Å². The molecule has 0 radical (unpaired) electrons. The van der Waals surface area contributed by atoms with Crippen LogP contribution in [-0.4, -0.2) is 49.0 Å². The number of pyridine rings is 1. The van der Waals surface area contributed by atoms with Crippen LogP contribution in [0.5, 0.6) is 0 Å². The number of nitrogens with zero attached hydrogens (tertiary/aromatic N) is 3. The van der Waals surface area contributed by atoms with Crippen LogP contribution in [0, 0.1) is 13.8 Å². The zero-order chi connectivity index (χ0) is 21.8. The minimum absolute atomic E-state index is 0.141. The number of likely N-dealkylation sites (N-methyl/N-ethyl adjacent to an activating group) is 1. The van der Waals surface area contributed by atoms with E-state index in [9.17, 15) is 4.79 Å². The Morgan fingerprint density at radius 1 is 1.00 bits per heavy atom. The largest absolute Gasteiger partial charge is 0.369 e. The Morgan fingerprint density at radius 2 is 1.74 bits per heavy atom. The molecule has 0 spiro atoms. The van der Waals surface area contributed by atoms with E-state index in [4.69, 9.17) is 0 Å². The Kier molecular flexibility index (Phi) is 6.59. The fraction of sp³-hybridized carbons (Fsp3) is 0.280. The fourth-order valence-electron chi connectivity index (χ4n) is 3.60. The molecule has 1 aliphatic rings. The van der Waals surface area contributed by atoms with Crippen LogP contribution in [0.2, 0.25) is 0 Å². The molecular weight excluding hydrogens is 404 g/mol. The van der Waals surface area contributed by atoms with Gasteiger partial charge in [0.1, 0.15) is 5.03 Å². The molecule has 3 aromatic rings.